The number of rotatable bonds is 5. The lowest BCUT2D eigenvalue weighted by atomic mass is 10.1. The van der Waals surface area contributed by atoms with Crippen molar-refractivity contribution in [1.82, 2.24) is 5.32 Å². The fraction of sp³-hybridized carbons (Fsp3) is 0.500. The van der Waals surface area contributed by atoms with Gasteiger partial charge in [-0.1, -0.05) is 41.1 Å². The summed E-state index contributed by atoms with van der Waals surface area (Å²) in [5.41, 5.74) is 1.23. The van der Waals surface area contributed by atoms with Crippen LogP contribution >= 0.6 is 15.9 Å². The fourth-order valence-electron chi connectivity index (χ4n) is 1.57. The van der Waals surface area contributed by atoms with Crippen molar-refractivity contribution >= 4 is 15.9 Å². The molecule has 3 heteroatoms. The summed E-state index contributed by atoms with van der Waals surface area (Å²) in [6, 6.07) is 8.57. The van der Waals surface area contributed by atoms with Crippen molar-refractivity contribution in [2.24, 2.45) is 0 Å². The van der Waals surface area contributed by atoms with Crippen molar-refractivity contribution in [2.45, 2.75) is 32.4 Å². The molecule has 0 saturated carbocycles. The molecule has 0 aliphatic heterocycles. The second-order valence-electron chi connectivity index (χ2n) is 3.70. The molecule has 1 aromatic carbocycles. The number of benzene rings is 1. The summed E-state index contributed by atoms with van der Waals surface area (Å²) in [7, 11) is 0. The number of aliphatic hydroxyl groups excluding tert-OH is 1. The lowest BCUT2D eigenvalue weighted by Crippen LogP contribution is -2.34. The molecule has 1 unspecified atom stereocenters. The molecule has 0 aliphatic carbocycles. The quantitative estimate of drug-likeness (QED) is 0.863. The SMILES string of the molecule is CC[C@@H](CO)NC(C)c1ccccc1Br. The summed E-state index contributed by atoms with van der Waals surface area (Å²) in [5.74, 6) is 0. The summed E-state index contributed by atoms with van der Waals surface area (Å²) in [5, 5.41) is 12.5. The average molecular weight is 272 g/mol. The summed E-state index contributed by atoms with van der Waals surface area (Å²) in [6.07, 6.45) is 0.936. The molecule has 2 nitrogen and oxygen atoms in total. The first-order valence-electron chi connectivity index (χ1n) is 5.30. The minimum Gasteiger partial charge on any atom is -0.395 e. The van der Waals surface area contributed by atoms with Gasteiger partial charge in [0.1, 0.15) is 0 Å². The Morgan fingerprint density at radius 3 is 2.60 bits per heavy atom. The van der Waals surface area contributed by atoms with E-state index in [0.717, 1.165) is 10.9 Å². The highest BCUT2D eigenvalue weighted by Crippen LogP contribution is 2.23. The van der Waals surface area contributed by atoms with Gasteiger partial charge in [0, 0.05) is 16.6 Å². The van der Waals surface area contributed by atoms with E-state index < -0.39 is 0 Å². The monoisotopic (exact) mass is 271 g/mol. The predicted molar refractivity (Wildman–Crippen MR) is 66.9 cm³/mol. The molecule has 0 radical (unpaired) electrons. The second-order valence-corrected chi connectivity index (χ2v) is 4.55. The highest BCUT2D eigenvalue weighted by molar-refractivity contribution is 9.10. The van der Waals surface area contributed by atoms with Crippen LogP contribution in [0.5, 0.6) is 0 Å². The number of hydrogen-bond acceptors (Lipinski definition) is 2. The number of halogens is 1. The average Bonchev–Trinajstić information content (AvgIpc) is 2.26. The van der Waals surface area contributed by atoms with Crippen LogP contribution in [0.2, 0.25) is 0 Å². The van der Waals surface area contributed by atoms with E-state index in [0.29, 0.717) is 0 Å². The molecular weight excluding hydrogens is 254 g/mol. The standard InChI is InChI=1S/C12H18BrNO/c1-3-10(8-15)14-9(2)11-6-4-5-7-12(11)13/h4-7,9-10,14-15H,3,8H2,1-2H3/t9?,10-/m0/s1. The molecule has 0 spiro atoms. The molecule has 0 bridgehead atoms. The van der Waals surface area contributed by atoms with Crippen LogP contribution in [0.4, 0.5) is 0 Å². The number of hydrogen-bond donors (Lipinski definition) is 2. The molecular formula is C12H18BrNO. The Balaban J connectivity index is 2.68. The van der Waals surface area contributed by atoms with Gasteiger partial charge in [0.2, 0.25) is 0 Å². The zero-order valence-electron chi connectivity index (χ0n) is 9.20. The predicted octanol–water partition coefficient (Wildman–Crippen LogP) is 2.87. The topological polar surface area (TPSA) is 32.3 Å². The van der Waals surface area contributed by atoms with Crippen LogP contribution in [-0.2, 0) is 0 Å². The van der Waals surface area contributed by atoms with Crippen LogP contribution in [0.3, 0.4) is 0 Å². The van der Waals surface area contributed by atoms with Gasteiger partial charge in [-0.2, -0.15) is 0 Å². The van der Waals surface area contributed by atoms with Crippen molar-refractivity contribution in [3.05, 3.63) is 34.3 Å². The van der Waals surface area contributed by atoms with Crippen LogP contribution in [-0.4, -0.2) is 17.8 Å². The summed E-state index contributed by atoms with van der Waals surface area (Å²) in [6.45, 7) is 4.37. The van der Waals surface area contributed by atoms with E-state index >= 15 is 0 Å². The van der Waals surface area contributed by atoms with Crippen molar-refractivity contribution in [3.8, 4) is 0 Å². The second kappa shape index (κ2) is 6.26. The third-order valence-electron chi connectivity index (χ3n) is 2.57. The summed E-state index contributed by atoms with van der Waals surface area (Å²) < 4.78 is 1.11. The zero-order chi connectivity index (χ0) is 11.3. The highest BCUT2D eigenvalue weighted by Gasteiger charge is 2.12. The van der Waals surface area contributed by atoms with Gasteiger partial charge in [0.15, 0.2) is 0 Å². The van der Waals surface area contributed by atoms with E-state index in [9.17, 15) is 0 Å². The maximum Gasteiger partial charge on any atom is 0.0584 e. The first-order chi connectivity index (χ1) is 7.19. The molecule has 15 heavy (non-hydrogen) atoms. The first-order valence-corrected chi connectivity index (χ1v) is 6.09. The minimum atomic E-state index is 0.173. The molecule has 0 saturated heterocycles. The normalized spacial score (nSPS) is 14.9. The van der Waals surface area contributed by atoms with E-state index in [4.69, 9.17) is 5.11 Å². The Morgan fingerprint density at radius 2 is 2.07 bits per heavy atom. The Morgan fingerprint density at radius 1 is 1.40 bits per heavy atom. The van der Waals surface area contributed by atoms with Crippen LogP contribution in [0.25, 0.3) is 0 Å². The maximum atomic E-state index is 9.12. The molecule has 84 valence electrons. The number of nitrogens with one attached hydrogen (secondary N) is 1. The van der Waals surface area contributed by atoms with E-state index in [1.807, 2.05) is 18.2 Å². The van der Waals surface area contributed by atoms with E-state index in [1.165, 1.54) is 5.56 Å². The molecule has 0 fully saturated rings. The third kappa shape index (κ3) is 3.59. The van der Waals surface area contributed by atoms with E-state index in [-0.39, 0.29) is 18.7 Å². The Labute approximate surface area is 99.8 Å². The molecule has 2 N–H and O–H groups in total. The van der Waals surface area contributed by atoms with Crippen LogP contribution < -0.4 is 5.32 Å². The van der Waals surface area contributed by atoms with Gasteiger partial charge in [-0.3, -0.25) is 0 Å². The molecule has 2 atom stereocenters. The smallest absolute Gasteiger partial charge is 0.0584 e. The highest BCUT2D eigenvalue weighted by atomic mass is 79.9. The lowest BCUT2D eigenvalue weighted by molar-refractivity contribution is 0.230. The van der Waals surface area contributed by atoms with Crippen LogP contribution in [0.1, 0.15) is 31.9 Å². The Hall–Kier alpha value is -0.380. The molecule has 1 rings (SSSR count). The number of aliphatic hydroxyl groups is 1. The van der Waals surface area contributed by atoms with Crippen molar-refractivity contribution in [2.75, 3.05) is 6.61 Å². The fourth-order valence-corrected chi connectivity index (χ4v) is 2.20. The van der Waals surface area contributed by atoms with Crippen LogP contribution in [0.15, 0.2) is 28.7 Å². The van der Waals surface area contributed by atoms with Crippen molar-refractivity contribution in [1.29, 1.82) is 0 Å². The van der Waals surface area contributed by atoms with Gasteiger partial charge in [-0.05, 0) is 25.0 Å². The van der Waals surface area contributed by atoms with Gasteiger partial charge >= 0.3 is 0 Å². The molecule has 0 amide bonds. The van der Waals surface area contributed by atoms with Gasteiger partial charge in [0.25, 0.3) is 0 Å². The van der Waals surface area contributed by atoms with Gasteiger partial charge in [-0.15, -0.1) is 0 Å². The van der Waals surface area contributed by atoms with Crippen molar-refractivity contribution < 1.29 is 5.11 Å². The minimum absolute atomic E-state index is 0.173. The summed E-state index contributed by atoms with van der Waals surface area (Å²) >= 11 is 3.53. The van der Waals surface area contributed by atoms with E-state index in [1.54, 1.807) is 0 Å². The Bertz CT molecular complexity index is 299. The van der Waals surface area contributed by atoms with Crippen molar-refractivity contribution in [3.63, 3.8) is 0 Å². The van der Waals surface area contributed by atoms with Crippen LogP contribution in [0, 0.1) is 0 Å². The Kier molecular flexibility index (Phi) is 5.29. The molecule has 1 aromatic rings. The van der Waals surface area contributed by atoms with Gasteiger partial charge < -0.3 is 10.4 Å². The molecule has 0 heterocycles. The first kappa shape index (κ1) is 12.7. The zero-order valence-corrected chi connectivity index (χ0v) is 10.8. The maximum absolute atomic E-state index is 9.12. The van der Waals surface area contributed by atoms with Gasteiger partial charge in [0.05, 0.1) is 6.61 Å². The molecule has 0 aliphatic rings. The van der Waals surface area contributed by atoms with E-state index in [2.05, 4.69) is 41.2 Å². The largest absolute Gasteiger partial charge is 0.395 e. The summed E-state index contributed by atoms with van der Waals surface area (Å²) in [4.78, 5) is 0. The third-order valence-corrected chi connectivity index (χ3v) is 3.29. The molecule has 0 aromatic heterocycles. The lowest BCUT2D eigenvalue weighted by Gasteiger charge is -2.21. The van der Waals surface area contributed by atoms with Gasteiger partial charge in [-0.25, -0.2) is 0 Å².